The molecule has 1 aromatic heterocycles. The standard InChI is InChI=1S/C8H8N2O3S2/c1-14-8-9-5-3-2-4-6(7(5)10-8)15(11,12)13/h2-4H,1H3,(H,9,10)(H,11,12,13). The maximum Gasteiger partial charge on any atom is 0.296 e. The Morgan fingerprint density at radius 2 is 2.20 bits per heavy atom. The number of aromatic amines is 1. The summed E-state index contributed by atoms with van der Waals surface area (Å²) in [6, 6.07) is 4.58. The fourth-order valence-corrected chi connectivity index (χ4v) is 2.33. The number of para-hydroxylation sites is 1. The molecular weight excluding hydrogens is 236 g/mol. The summed E-state index contributed by atoms with van der Waals surface area (Å²) in [5.74, 6) is 0. The van der Waals surface area contributed by atoms with Gasteiger partial charge in [-0.2, -0.15) is 8.42 Å². The van der Waals surface area contributed by atoms with E-state index in [1.54, 1.807) is 12.1 Å². The molecule has 2 rings (SSSR count). The van der Waals surface area contributed by atoms with Crippen molar-refractivity contribution in [3.8, 4) is 0 Å². The van der Waals surface area contributed by atoms with Gasteiger partial charge in [-0.25, -0.2) is 4.98 Å². The van der Waals surface area contributed by atoms with Crippen molar-refractivity contribution >= 4 is 32.9 Å². The number of hydrogen-bond acceptors (Lipinski definition) is 4. The van der Waals surface area contributed by atoms with E-state index in [0.717, 1.165) is 0 Å². The van der Waals surface area contributed by atoms with Crippen LogP contribution >= 0.6 is 11.8 Å². The van der Waals surface area contributed by atoms with Gasteiger partial charge < -0.3 is 4.98 Å². The van der Waals surface area contributed by atoms with Crippen molar-refractivity contribution in [1.29, 1.82) is 0 Å². The third-order valence-corrected chi connectivity index (χ3v) is 3.39. The second-order valence-electron chi connectivity index (χ2n) is 2.87. The molecule has 1 aromatic carbocycles. The minimum absolute atomic E-state index is 0.170. The van der Waals surface area contributed by atoms with Crippen molar-refractivity contribution in [2.75, 3.05) is 6.26 Å². The van der Waals surface area contributed by atoms with Gasteiger partial charge in [-0.05, 0) is 18.4 Å². The molecule has 80 valence electrons. The minimum Gasteiger partial charge on any atom is -0.333 e. The van der Waals surface area contributed by atoms with Gasteiger partial charge in [-0.1, -0.05) is 17.8 Å². The lowest BCUT2D eigenvalue weighted by Gasteiger charge is -1.96. The van der Waals surface area contributed by atoms with E-state index in [9.17, 15) is 8.42 Å². The number of rotatable bonds is 2. The monoisotopic (exact) mass is 244 g/mol. The van der Waals surface area contributed by atoms with Crippen molar-refractivity contribution in [3.05, 3.63) is 18.2 Å². The summed E-state index contributed by atoms with van der Waals surface area (Å²) in [6.45, 7) is 0. The second-order valence-corrected chi connectivity index (χ2v) is 5.06. The molecule has 0 amide bonds. The second kappa shape index (κ2) is 3.51. The number of benzene rings is 1. The Kier molecular flexibility index (Phi) is 2.45. The molecule has 5 nitrogen and oxygen atoms in total. The number of thioether (sulfide) groups is 1. The largest absolute Gasteiger partial charge is 0.333 e. The first-order chi connectivity index (χ1) is 7.02. The highest BCUT2D eigenvalue weighted by Crippen LogP contribution is 2.23. The fraction of sp³-hybridized carbons (Fsp3) is 0.125. The minimum atomic E-state index is -4.22. The van der Waals surface area contributed by atoms with Crippen molar-refractivity contribution < 1.29 is 13.0 Å². The van der Waals surface area contributed by atoms with Crippen LogP contribution in [0.25, 0.3) is 11.0 Å². The average molecular weight is 244 g/mol. The molecule has 2 aromatic rings. The summed E-state index contributed by atoms with van der Waals surface area (Å²) in [7, 11) is -4.22. The third kappa shape index (κ3) is 1.85. The van der Waals surface area contributed by atoms with Gasteiger partial charge >= 0.3 is 0 Å². The van der Waals surface area contributed by atoms with Crippen LogP contribution in [0.1, 0.15) is 0 Å². The molecule has 0 aliphatic carbocycles. The first-order valence-corrected chi connectivity index (χ1v) is 6.69. The Labute approximate surface area is 90.7 Å². The zero-order valence-corrected chi connectivity index (χ0v) is 9.39. The van der Waals surface area contributed by atoms with Crippen molar-refractivity contribution in [2.24, 2.45) is 0 Å². The molecule has 1 heterocycles. The molecule has 0 aliphatic heterocycles. The van der Waals surface area contributed by atoms with Gasteiger partial charge in [0.1, 0.15) is 10.4 Å². The van der Waals surface area contributed by atoms with Crippen LogP contribution in [0.2, 0.25) is 0 Å². The van der Waals surface area contributed by atoms with E-state index < -0.39 is 10.1 Å². The summed E-state index contributed by atoms with van der Waals surface area (Å²) in [5.41, 5.74) is 0.860. The molecule has 0 aliphatic rings. The molecule has 0 bridgehead atoms. The van der Waals surface area contributed by atoms with Crippen LogP contribution in [0.5, 0.6) is 0 Å². The van der Waals surface area contributed by atoms with Gasteiger partial charge in [-0.15, -0.1) is 0 Å². The lowest BCUT2D eigenvalue weighted by molar-refractivity contribution is 0.484. The molecule has 0 saturated carbocycles. The van der Waals surface area contributed by atoms with E-state index in [2.05, 4.69) is 9.97 Å². The van der Waals surface area contributed by atoms with E-state index in [4.69, 9.17) is 4.55 Å². The summed E-state index contributed by atoms with van der Waals surface area (Å²) < 4.78 is 31.1. The molecular formula is C8H8N2O3S2. The van der Waals surface area contributed by atoms with E-state index in [1.165, 1.54) is 17.8 Å². The van der Waals surface area contributed by atoms with E-state index in [0.29, 0.717) is 10.7 Å². The molecule has 0 atom stereocenters. The number of nitrogens with one attached hydrogen (secondary N) is 1. The zero-order chi connectivity index (χ0) is 11.1. The molecule has 2 N–H and O–H groups in total. The molecule has 0 radical (unpaired) electrons. The van der Waals surface area contributed by atoms with Crippen molar-refractivity contribution in [1.82, 2.24) is 9.97 Å². The third-order valence-electron chi connectivity index (χ3n) is 1.93. The highest BCUT2D eigenvalue weighted by Gasteiger charge is 2.16. The number of nitrogens with zero attached hydrogens (tertiary/aromatic N) is 1. The molecule has 7 heteroatoms. The van der Waals surface area contributed by atoms with Crippen molar-refractivity contribution in [2.45, 2.75) is 10.1 Å². The van der Waals surface area contributed by atoms with Gasteiger partial charge in [0.2, 0.25) is 0 Å². The Hall–Kier alpha value is -1.05. The van der Waals surface area contributed by atoms with Crippen LogP contribution < -0.4 is 0 Å². The molecule has 15 heavy (non-hydrogen) atoms. The van der Waals surface area contributed by atoms with Crippen LogP contribution in [-0.2, 0) is 10.1 Å². The predicted molar refractivity (Wildman–Crippen MR) is 57.7 cm³/mol. The summed E-state index contributed by atoms with van der Waals surface area (Å²) in [5, 5.41) is 0.612. The lowest BCUT2D eigenvalue weighted by atomic mass is 10.3. The smallest absolute Gasteiger partial charge is 0.296 e. The van der Waals surface area contributed by atoms with Gasteiger partial charge in [0.15, 0.2) is 5.16 Å². The normalized spacial score (nSPS) is 12.1. The van der Waals surface area contributed by atoms with E-state index in [1.807, 2.05) is 6.26 Å². The summed E-state index contributed by atoms with van der Waals surface area (Å²) >= 11 is 1.37. The Bertz CT molecular complexity index is 603. The molecule has 0 fully saturated rings. The highest BCUT2D eigenvalue weighted by molar-refractivity contribution is 7.98. The maximum absolute atomic E-state index is 11.0. The Balaban J connectivity index is 2.81. The first-order valence-electron chi connectivity index (χ1n) is 4.02. The molecule has 0 saturated heterocycles. The van der Waals surface area contributed by atoms with Gasteiger partial charge in [0.25, 0.3) is 10.1 Å². The molecule has 0 unspecified atom stereocenters. The Morgan fingerprint density at radius 1 is 1.47 bits per heavy atom. The zero-order valence-electron chi connectivity index (χ0n) is 7.76. The molecule has 0 spiro atoms. The van der Waals surface area contributed by atoms with Crippen LogP contribution in [0.15, 0.2) is 28.3 Å². The fourth-order valence-electron chi connectivity index (χ4n) is 1.29. The Morgan fingerprint density at radius 3 is 2.80 bits per heavy atom. The predicted octanol–water partition coefficient (Wildman–Crippen LogP) is 1.53. The summed E-state index contributed by atoms with van der Waals surface area (Å²) in [4.78, 5) is 6.83. The number of aromatic nitrogens is 2. The van der Waals surface area contributed by atoms with Gasteiger partial charge in [0.05, 0.1) is 5.52 Å². The quantitative estimate of drug-likeness (QED) is 0.618. The highest BCUT2D eigenvalue weighted by atomic mass is 32.2. The van der Waals surface area contributed by atoms with Gasteiger partial charge in [0, 0.05) is 0 Å². The van der Waals surface area contributed by atoms with E-state index in [-0.39, 0.29) is 10.4 Å². The maximum atomic E-state index is 11.0. The van der Waals surface area contributed by atoms with Crippen LogP contribution in [-0.4, -0.2) is 29.2 Å². The SMILES string of the molecule is CSc1nc2c(S(=O)(=O)O)cccc2[nH]1. The number of imidazole rings is 1. The van der Waals surface area contributed by atoms with Crippen LogP contribution in [0.3, 0.4) is 0 Å². The van der Waals surface area contributed by atoms with Crippen LogP contribution in [0.4, 0.5) is 0 Å². The number of H-pyrrole nitrogens is 1. The topological polar surface area (TPSA) is 83.1 Å². The van der Waals surface area contributed by atoms with E-state index >= 15 is 0 Å². The summed E-state index contributed by atoms with van der Waals surface area (Å²) in [6.07, 6.45) is 1.82. The first kappa shape index (κ1) is 10.5. The lowest BCUT2D eigenvalue weighted by Crippen LogP contribution is -1.98. The average Bonchev–Trinajstić information content (AvgIpc) is 2.57. The number of fused-ring (bicyclic) bond motifs is 1. The van der Waals surface area contributed by atoms with Crippen molar-refractivity contribution in [3.63, 3.8) is 0 Å². The van der Waals surface area contributed by atoms with Gasteiger partial charge in [-0.3, -0.25) is 4.55 Å². The van der Waals surface area contributed by atoms with Crippen LogP contribution in [0, 0.1) is 0 Å². The number of hydrogen-bond donors (Lipinski definition) is 2.